The van der Waals surface area contributed by atoms with Crippen LogP contribution >= 0.6 is 0 Å². The SMILES string of the molecule is CCS(=O)(=O)N1Cc2cccnc2C1. The summed E-state index contributed by atoms with van der Waals surface area (Å²) < 4.78 is 24.6. The molecule has 1 aliphatic rings. The molecule has 2 rings (SSSR count). The molecule has 0 unspecified atom stereocenters. The van der Waals surface area contributed by atoms with E-state index in [1.165, 1.54) is 4.31 Å². The lowest BCUT2D eigenvalue weighted by atomic mass is 10.2. The predicted molar refractivity (Wildman–Crippen MR) is 52.9 cm³/mol. The van der Waals surface area contributed by atoms with Crippen LogP contribution in [0.4, 0.5) is 0 Å². The summed E-state index contributed by atoms with van der Waals surface area (Å²) in [5.41, 5.74) is 1.90. The molecule has 5 heteroatoms. The number of sulfonamides is 1. The molecule has 0 N–H and O–H groups in total. The van der Waals surface area contributed by atoms with Gasteiger partial charge < -0.3 is 0 Å². The number of rotatable bonds is 2. The first-order valence-corrected chi connectivity index (χ1v) is 6.15. The van der Waals surface area contributed by atoms with Gasteiger partial charge in [0, 0.05) is 12.7 Å². The van der Waals surface area contributed by atoms with E-state index in [9.17, 15) is 8.42 Å². The largest absolute Gasteiger partial charge is 0.260 e. The zero-order valence-corrected chi connectivity index (χ0v) is 8.79. The number of fused-ring (bicyclic) bond motifs is 1. The molecule has 76 valence electrons. The van der Waals surface area contributed by atoms with Crippen LogP contribution in [0.15, 0.2) is 18.3 Å². The van der Waals surface area contributed by atoms with Gasteiger partial charge in [0.25, 0.3) is 0 Å². The van der Waals surface area contributed by atoms with Crippen LogP contribution in [0.1, 0.15) is 18.2 Å². The van der Waals surface area contributed by atoms with E-state index in [0.717, 1.165) is 11.3 Å². The Morgan fingerprint density at radius 2 is 2.29 bits per heavy atom. The van der Waals surface area contributed by atoms with E-state index in [-0.39, 0.29) is 5.75 Å². The number of aromatic nitrogens is 1. The van der Waals surface area contributed by atoms with Crippen molar-refractivity contribution in [3.05, 3.63) is 29.6 Å². The van der Waals surface area contributed by atoms with Gasteiger partial charge in [-0.15, -0.1) is 0 Å². The van der Waals surface area contributed by atoms with Crippen LogP contribution in [0.3, 0.4) is 0 Å². The first kappa shape index (κ1) is 9.61. The van der Waals surface area contributed by atoms with Crippen molar-refractivity contribution in [1.82, 2.24) is 9.29 Å². The summed E-state index contributed by atoms with van der Waals surface area (Å²) in [7, 11) is -3.07. The van der Waals surface area contributed by atoms with Gasteiger partial charge in [-0.05, 0) is 18.6 Å². The third-order valence-corrected chi connectivity index (χ3v) is 4.19. The molecule has 14 heavy (non-hydrogen) atoms. The number of hydrogen-bond donors (Lipinski definition) is 0. The van der Waals surface area contributed by atoms with Gasteiger partial charge >= 0.3 is 0 Å². The van der Waals surface area contributed by atoms with Crippen molar-refractivity contribution in [3.63, 3.8) is 0 Å². The second-order valence-corrected chi connectivity index (χ2v) is 5.54. The van der Waals surface area contributed by atoms with Crippen LogP contribution in [-0.2, 0) is 23.1 Å². The van der Waals surface area contributed by atoms with Crippen molar-refractivity contribution in [2.45, 2.75) is 20.0 Å². The lowest BCUT2D eigenvalue weighted by Crippen LogP contribution is -2.27. The van der Waals surface area contributed by atoms with E-state index >= 15 is 0 Å². The molecule has 1 aromatic rings. The first-order chi connectivity index (χ1) is 6.63. The molecule has 0 aliphatic carbocycles. The minimum absolute atomic E-state index is 0.154. The second-order valence-electron chi connectivity index (χ2n) is 3.28. The van der Waals surface area contributed by atoms with E-state index in [1.807, 2.05) is 12.1 Å². The molecule has 1 aromatic heterocycles. The summed E-state index contributed by atoms with van der Waals surface area (Å²) in [4.78, 5) is 4.15. The molecule has 0 atom stereocenters. The summed E-state index contributed by atoms with van der Waals surface area (Å²) in [5.74, 6) is 0.154. The third kappa shape index (κ3) is 1.53. The molecule has 0 saturated carbocycles. The van der Waals surface area contributed by atoms with Gasteiger partial charge in [0.05, 0.1) is 18.0 Å². The molecule has 2 heterocycles. The van der Waals surface area contributed by atoms with Gasteiger partial charge in [-0.3, -0.25) is 4.98 Å². The fourth-order valence-corrected chi connectivity index (χ4v) is 2.57. The van der Waals surface area contributed by atoms with E-state index in [1.54, 1.807) is 13.1 Å². The summed E-state index contributed by atoms with van der Waals surface area (Å²) in [6.07, 6.45) is 1.70. The van der Waals surface area contributed by atoms with Crippen LogP contribution in [0.25, 0.3) is 0 Å². The fraction of sp³-hybridized carbons (Fsp3) is 0.444. The van der Waals surface area contributed by atoms with E-state index in [2.05, 4.69) is 4.98 Å². The highest BCUT2D eigenvalue weighted by Crippen LogP contribution is 2.22. The van der Waals surface area contributed by atoms with Crippen LogP contribution in [0.5, 0.6) is 0 Å². The van der Waals surface area contributed by atoms with Gasteiger partial charge in [0.2, 0.25) is 10.0 Å². The monoisotopic (exact) mass is 212 g/mol. The highest BCUT2D eigenvalue weighted by Gasteiger charge is 2.28. The Hall–Kier alpha value is -0.940. The number of pyridine rings is 1. The Bertz CT molecular complexity index is 417. The summed E-state index contributed by atoms with van der Waals surface area (Å²) >= 11 is 0. The van der Waals surface area contributed by atoms with Gasteiger partial charge in [0.1, 0.15) is 0 Å². The third-order valence-electron chi connectivity index (χ3n) is 2.42. The first-order valence-electron chi connectivity index (χ1n) is 4.54. The minimum Gasteiger partial charge on any atom is -0.260 e. The molecule has 0 spiro atoms. The number of nitrogens with zero attached hydrogens (tertiary/aromatic N) is 2. The molecule has 1 aliphatic heterocycles. The predicted octanol–water partition coefficient (Wildman–Crippen LogP) is 0.747. The summed E-state index contributed by atoms with van der Waals surface area (Å²) in [5, 5.41) is 0. The highest BCUT2D eigenvalue weighted by atomic mass is 32.2. The average molecular weight is 212 g/mol. The lowest BCUT2D eigenvalue weighted by molar-refractivity contribution is 0.431. The van der Waals surface area contributed by atoms with Crippen LogP contribution in [0.2, 0.25) is 0 Å². The quantitative estimate of drug-likeness (QED) is 0.726. The molecule has 0 saturated heterocycles. The molecular weight excluding hydrogens is 200 g/mol. The van der Waals surface area contributed by atoms with Crippen molar-refractivity contribution >= 4 is 10.0 Å². The minimum atomic E-state index is -3.07. The standard InChI is InChI=1S/C9H12N2O2S/c1-2-14(12,13)11-6-8-4-3-5-10-9(8)7-11/h3-5H,2,6-7H2,1H3. The Balaban J connectivity index is 2.28. The number of hydrogen-bond acceptors (Lipinski definition) is 3. The van der Waals surface area contributed by atoms with Gasteiger partial charge in [-0.25, -0.2) is 8.42 Å². The van der Waals surface area contributed by atoms with Crippen molar-refractivity contribution in [1.29, 1.82) is 0 Å². The van der Waals surface area contributed by atoms with Crippen LogP contribution < -0.4 is 0 Å². The Labute approximate surface area is 83.6 Å². The Kier molecular flexibility index (Phi) is 2.28. The molecule has 0 bridgehead atoms. The second kappa shape index (κ2) is 3.33. The average Bonchev–Trinajstić information content (AvgIpc) is 2.61. The maximum atomic E-state index is 11.6. The van der Waals surface area contributed by atoms with Gasteiger partial charge in [-0.2, -0.15) is 4.31 Å². The molecule has 0 fully saturated rings. The Morgan fingerprint density at radius 1 is 1.50 bits per heavy atom. The van der Waals surface area contributed by atoms with Crippen molar-refractivity contribution in [2.75, 3.05) is 5.75 Å². The van der Waals surface area contributed by atoms with E-state index in [0.29, 0.717) is 13.1 Å². The summed E-state index contributed by atoms with van der Waals surface area (Å²) in [6, 6.07) is 3.76. The molecule has 0 amide bonds. The van der Waals surface area contributed by atoms with E-state index in [4.69, 9.17) is 0 Å². The van der Waals surface area contributed by atoms with Crippen LogP contribution in [0, 0.1) is 0 Å². The van der Waals surface area contributed by atoms with E-state index < -0.39 is 10.0 Å². The smallest absolute Gasteiger partial charge is 0.214 e. The van der Waals surface area contributed by atoms with Crippen molar-refractivity contribution < 1.29 is 8.42 Å². The molecule has 4 nitrogen and oxygen atoms in total. The Morgan fingerprint density at radius 3 is 2.93 bits per heavy atom. The maximum absolute atomic E-state index is 11.6. The van der Waals surface area contributed by atoms with Crippen LogP contribution in [-0.4, -0.2) is 23.5 Å². The normalized spacial score (nSPS) is 16.9. The van der Waals surface area contributed by atoms with Gasteiger partial charge in [-0.1, -0.05) is 6.07 Å². The lowest BCUT2D eigenvalue weighted by Gasteiger charge is -2.12. The maximum Gasteiger partial charge on any atom is 0.214 e. The zero-order chi connectivity index (χ0) is 10.2. The van der Waals surface area contributed by atoms with Crippen molar-refractivity contribution in [3.8, 4) is 0 Å². The topological polar surface area (TPSA) is 50.3 Å². The molecule has 0 aromatic carbocycles. The highest BCUT2D eigenvalue weighted by molar-refractivity contribution is 7.89. The fourth-order valence-electron chi connectivity index (χ4n) is 1.55. The molecular formula is C9H12N2O2S. The molecule has 0 radical (unpaired) electrons. The van der Waals surface area contributed by atoms with Gasteiger partial charge in [0.15, 0.2) is 0 Å². The van der Waals surface area contributed by atoms with Crippen molar-refractivity contribution in [2.24, 2.45) is 0 Å². The summed E-state index contributed by atoms with van der Waals surface area (Å²) in [6.45, 7) is 2.55. The zero-order valence-electron chi connectivity index (χ0n) is 7.97.